The first-order valence-corrected chi connectivity index (χ1v) is 5.56. The molecule has 2 N–H and O–H groups in total. The Hall–Kier alpha value is -1.88. The van der Waals surface area contributed by atoms with E-state index >= 15 is 0 Å². The summed E-state index contributed by atoms with van der Waals surface area (Å²) < 4.78 is 0. The lowest BCUT2D eigenvalue weighted by atomic mass is 10.1. The van der Waals surface area contributed by atoms with Crippen LogP contribution in [0.5, 0.6) is 0 Å². The monoisotopic (exact) mass is 233 g/mol. The Morgan fingerprint density at radius 1 is 1.35 bits per heavy atom. The molecule has 0 atom stereocenters. The summed E-state index contributed by atoms with van der Waals surface area (Å²) in [4.78, 5) is 24.6. The number of piperazine rings is 1. The van der Waals surface area contributed by atoms with Gasteiger partial charge in [0.05, 0.1) is 0 Å². The molecule has 0 aromatic heterocycles. The van der Waals surface area contributed by atoms with E-state index in [1.165, 1.54) is 4.90 Å². The van der Waals surface area contributed by atoms with Crippen LogP contribution in [0.2, 0.25) is 0 Å². The number of hydrogen-bond donors (Lipinski definition) is 2. The van der Waals surface area contributed by atoms with Crippen LogP contribution >= 0.6 is 0 Å². The van der Waals surface area contributed by atoms with E-state index in [-0.39, 0.29) is 0 Å². The lowest BCUT2D eigenvalue weighted by Gasteiger charge is -2.28. The van der Waals surface area contributed by atoms with Crippen molar-refractivity contribution in [3.63, 3.8) is 0 Å². The molecule has 5 nitrogen and oxygen atoms in total. The predicted octanol–water partition coefficient (Wildman–Crippen LogP) is -0.131. The fraction of sp³-hybridized carbons (Fsp3) is 0.333. The maximum absolute atomic E-state index is 11.8. The second-order valence-electron chi connectivity index (χ2n) is 3.87. The van der Waals surface area contributed by atoms with Crippen molar-refractivity contribution in [3.8, 4) is 0 Å². The molecule has 2 amide bonds. The van der Waals surface area contributed by atoms with Crippen molar-refractivity contribution in [3.05, 3.63) is 29.8 Å². The molecule has 0 unspecified atom stereocenters. The molecular weight excluding hydrogens is 218 g/mol. The molecule has 1 aliphatic heterocycles. The molecule has 0 radical (unpaired) electrons. The minimum Gasteiger partial charge on any atom is -0.346 e. The Labute approximate surface area is 99.8 Å². The SMILES string of the molecule is CNCc1ccccc1N1CCNC(=O)C1=O. The highest BCUT2D eigenvalue weighted by Gasteiger charge is 2.28. The molecule has 1 saturated heterocycles. The van der Waals surface area contributed by atoms with Gasteiger partial charge in [-0.15, -0.1) is 0 Å². The van der Waals surface area contributed by atoms with Crippen molar-refractivity contribution in [2.24, 2.45) is 0 Å². The van der Waals surface area contributed by atoms with E-state index in [9.17, 15) is 9.59 Å². The number of benzene rings is 1. The molecule has 1 heterocycles. The number of carbonyl (C=O) groups excluding carboxylic acids is 2. The van der Waals surface area contributed by atoms with Crippen LogP contribution in [0.1, 0.15) is 5.56 Å². The van der Waals surface area contributed by atoms with Crippen LogP contribution in [0.25, 0.3) is 0 Å². The molecule has 2 rings (SSSR count). The Morgan fingerprint density at radius 2 is 2.12 bits per heavy atom. The second-order valence-corrected chi connectivity index (χ2v) is 3.87. The molecule has 17 heavy (non-hydrogen) atoms. The minimum absolute atomic E-state index is 0.486. The molecule has 1 aromatic rings. The van der Waals surface area contributed by atoms with Crippen LogP contribution in [-0.2, 0) is 16.1 Å². The van der Waals surface area contributed by atoms with Gasteiger partial charge in [-0.2, -0.15) is 0 Å². The van der Waals surface area contributed by atoms with Crippen molar-refractivity contribution in [1.82, 2.24) is 10.6 Å². The third kappa shape index (κ3) is 2.29. The first-order valence-electron chi connectivity index (χ1n) is 5.56. The van der Waals surface area contributed by atoms with Crippen molar-refractivity contribution < 1.29 is 9.59 Å². The molecule has 1 aromatic carbocycles. The third-order valence-electron chi connectivity index (χ3n) is 2.71. The maximum Gasteiger partial charge on any atom is 0.316 e. The van der Waals surface area contributed by atoms with E-state index in [1.54, 1.807) is 0 Å². The van der Waals surface area contributed by atoms with Crippen molar-refractivity contribution in [2.45, 2.75) is 6.54 Å². The summed E-state index contributed by atoms with van der Waals surface area (Å²) in [6.45, 7) is 1.69. The molecule has 1 aliphatic rings. The highest BCUT2D eigenvalue weighted by atomic mass is 16.2. The number of rotatable bonds is 3. The normalized spacial score (nSPS) is 15.9. The standard InChI is InChI=1S/C12H15N3O2/c1-13-8-9-4-2-3-5-10(9)15-7-6-14-11(16)12(15)17/h2-5,13H,6-8H2,1H3,(H,14,16). The molecular formula is C12H15N3O2. The zero-order valence-corrected chi connectivity index (χ0v) is 9.69. The van der Waals surface area contributed by atoms with Gasteiger partial charge in [-0.25, -0.2) is 0 Å². The first-order chi connectivity index (χ1) is 8.24. The van der Waals surface area contributed by atoms with Gasteiger partial charge in [-0.3, -0.25) is 9.59 Å². The van der Waals surface area contributed by atoms with Gasteiger partial charge >= 0.3 is 11.8 Å². The quantitative estimate of drug-likeness (QED) is 0.715. The third-order valence-corrected chi connectivity index (χ3v) is 2.71. The Balaban J connectivity index is 2.32. The number of anilines is 1. The van der Waals surface area contributed by atoms with Gasteiger partial charge in [0, 0.05) is 25.3 Å². The highest BCUT2D eigenvalue weighted by molar-refractivity contribution is 6.41. The largest absolute Gasteiger partial charge is 0.346 e. The van der Waals surface area contributed by atoms with Crippen LogP contribution in [0.15, 0.2) is 24.3 Å². The zero-order chi connectivity index (χ0) is 12.3. The number of nitrogens with one attached hydrogen (secondary N) is 2. The van der Waals surface area contributed by atoms with Gasteiger partial charge in [0.2, 0.25) is 0 Å². The van der Waals surface area contributed by atoms with Crippen molar-refractivity contribution in [2.75, 3.05) is 25.0 Å². The summed E-state index contributed by atoms with van der Waals surface area (Å²) >= 11 is 0. The van der Waals surface area contributed by atoms with Gasteiger partial charge in [-0.1, -0.05) is 18.2 Å². The van der Waals surface area contributed by atoms with Crippen LogP contribution in [0.4, 0.5) is 5.69 Å². The topological polar surface area (TPSA) is 61.4 Å². The molecule has 0 aliphatic carbocycles. The van der Waals surface area contributed by atoms with Gasteiger partial charge in [0.25, 0.3) is 0 Å². The average Bonchev–Trinajstić information content (AvgIpc) is 2.34. The number of hydrogen-bond acceptors (Lipinski definition) is 3. The summed E-state index contributed by atoms with van der Waals surface area (Å²) in [5.74, 6) is -1.02. The van der Waals surface area contributed by atoms with Gasteiger partial charge in [-0.05, 0) is 18.7 Å². The summed E-state index contributed by atoms with van der Waals surface area (Å²) in [5, 5.41) is 5.59. The molecule has 0 saturated carbocycles. The van der Waals surface area contributed by atoms with Gasteiger partial charge in [0.15, 0.2) is 0 Å². The predicted molar refractivity (Wildman–Crippen MR) is 64.6 cm³/mol. The lowest BCUT2D eigenvalue weighted by molar-refractivity contribution is -0.138. The smallest absolute Gasteiger partial charge is 0.316 e. The molecule has 0 spiro atoms. The van der Waals surface area contributed by atoms with Crippen LogP contribution < -0.4 is 15.5 Å². The fourth-order valence-corrected chi connectivity index (χ4v) is 1.92. The molecule has 90 valence electrons. The number of amides is 2. The molecule has 1 fully saturated rings. The lowest BCUT2D eigenvalue weighted by Crippen LogP contribution is -2.52. The number of nitrogens with zero attached hydrogens (tertiary/aromatic N) is 1. The van der Waals surface area contributed by atoms with E-state index in [0.29, 0.717) is 19.6 Å². The van der Waals surface area contributed by atoms with E-state index in [0.717, 1.165) is 11.3 Å². The maximum atomic E-state index is 11.8. The van der Waals surface area contributed by atoms with E-state index in [2.05, 4.69) is 10.6 Å². The van der Waals surface area contributed by atoms with E-state index in [1.807, 2.05) is 31.3 Å². The fourth-order valence-electron chi connectivity index (χ4n) is 1.92. The molecule has 5 heteroatoms. The van der Waals surface area contributed by atoms with Gasteiger partial charge in [0.1, 0.15) is 0 Å². The van der Waals surface area contributed by atoms with Crippen molar-refractivity contribution in [1.29, 1.82) is 0 Å². The van der Waals surface area contributed by atoms with E-state index < -0.39 is 11.8 Å². The van der Waals surface area contributed by atoms with Crippen LogP contribution in [0.3, 0.4) is 0 Å². The summed E-state index contributed by atoms with van der Waals surface area (Å²) in [6, 6.07) is 7.60. The Morgan fingerprint density at radius 3 is 2.88 bits per heavy atom. The highest BCUT2D eigenvalue weighted by Crippen LogP contribution is 2.21. The summed E-state index contributed by atoms with van der Waals surface area (Å²) in [5.41, 5.74) is 1.82. The summed E-state index contributed by atoms with van der Waals surface area (Å²) in [6.07, 6.45) is 0. The van der Waals surface area contributed by atoms with Crippen LogP contribution in [0, 0.1) is 0 Å². The zero-order valence-electron chi connectivity index (χ0n) is 9.69. The molecule has 0 bridgehead atoms. The average molecular weight is 233 g/mol. The number of para-hydroxylation sites is 1. The van der Waals surface area contributed by atoms with Crippen molar-refractivity contribution >= 4 is 17.5 Å². The number of carbonyl (C=O) groups is 2. The summed E-state index contributed by atoms with van der Waals surface area (Å²) in [7, 11) is 1.85. The second kappa shape index (κ2) is 4.97. The first kappa shape index (κ1) is 11.6. The Bertz CT molecular complexity index is 445. The Kier molecular flexibility index (Phi) is 3.39. The van der Waals surface area contributed by atoms with E-state index in [4.69, 9.17) is 0 Å². The van der Waals surface area contributed by atoms with Gasteiger partial charge < -0.3 is 15.5 Å². The van der Waals surface area contributed by atoms with Crippen LogP contribution in [-0.4, -0.2) is 32.0 Å². The minimum atomic E-state index is -0.532.